The fraction of sp³-hybridized carbons (Fsp3) is 0.467. The Balaban J connectivity index is 1.84. The van der Waals surface area contributed by atoms with Crippen LogP contribution in [0.25, 0.3) is 0 Å². The second-order valence-electron chi connectivity index (χ2n) is 5.14. The third-order valence-corrected chi connectivity index (χ3v) is 3.60. The third kappa shape index (κ3) is 3.57. The molecule has 1 aromatic rings. The van der Waals surface area contributed by atoms with Gasteiger partial charge in [-0.3, -0.25) is 4.79 Å². The highest BCUT2D eigenvalue weighted by atomic mass is 16.4. The lowest BCUT2D eigenvalue weighted by Crippen LogP contribution is -2.43. The van der Waals surface area contributed by atoms with Crippen LogP contribution in [0.4, 0.5) is 0 Å². The van der Waals surface area contributed by atoms with Gasteiger partial charge in [0, 0.05) is 19.6 Å². The molecule has 2 rings (SSSR count). The minimum Gasteiger partial charge on any atom is -0.478 e. The zero-order valence-electron chi connectivity index (χ0n) is 11.6. The van der Waals surface area contributed by atoms with E-state index < -0.39 is 5.97 Å². The Kier molecular flexibility index (Phi) is 4.74. The molecule has 0 saturated carbocycles. The Hall–Kier alpha value is -1.88. The quantitative estimate of drug-likeness (QED) is 0.854. The zero-order chi connectivity index (χ0) is 14.5. The minimum atomic E-state index is -0.929. The number of nitrogens with zero attached hydrogens (tertiary/aromatic N) is 1. The number of hydrogen-bond acceptors (Lipinski definition) is 3. The van der Waals surface area contributed by atoms with Gasteiger partial charge in [-0.05, 0) is 37.5 Å². The normalized spacial score (nSPS) is 16.1. The molecule has 0 spiro atoms. The molecule has 0 radical (unpaired) electrons. The van der Waals surface area contributed by atoms with E-state index in [9.17, 15) is 9.59 Å². The summed E-state index contributed by atoms with van der Waals surface area (Å²) in [6.45, 7) is 4.14. The van der Waals surface area contributed by atoms with E-state index in [1.807, 2.05) is 11.8 Å². The monoisotopic (exact) mass is 276 g/mol. The van der Waals surface area contributed by atoms with Gasteiger partial charge in [-0.15, -0.1) is 0 Å². The van der Waals surface area contributed by atoms with Crippen LogP contribution in [0.15, 0.2) is 24.3 Å². The second-order valence-corrected chi connectivity index (χ2v) is 5.14. The number of benzene rings is 1. The highest BCUT2D eigenvalue weighted by molar-refractivity contribution is 5.87. The van der Waals surface area contributed by atoms with Crippen LogP contribution in [-0.4, -0.2) is 41.0 Å². The van der Waals surface area contributed by atoms with Crippen LogP contribution in [0.5, 0.6) is 0 Å². The first-order chi connectivity index (χ1) is 9.58. The predicted octanol–water partition coefficient (Wildman–Crippen LogP) is 1.49. The predicted molar refractivity (Wildman–Crippen MR) is 75.5 cm³/mol. The van der Waals surface area contributed by atoms with E-state index >= 15 is 0 Å². The Morgan fingerprint density at radius 2 is 1.85 bits per heavy atom. The number of nitrogens with one attached hydrogen (secondary N) is 1. The summed E-state index contributed by atoms with van der Waals surface area (Å²) in [5.74, 6) is -0.785. The van der Waals surface area contributed by atoms with E-state index in [1.54, 1.807) is 24.3 Å². The largest absolute Gasteiger partial charge is 0.478 e. The molecule has 1 aliphatic rings. The van der Waals surface area contributed by atoms with Gasteiger partial charge in [-0.25, -0.2) is 4.79 Å². The van der Waals surface area contributed by atoms with Crippen molar-refractivity contribution in [3.63, 3.8) is 0 Å². The van der Waals surface area contributed by atoms with Crippen molar-refractivity contribution in [1.82, 2.24) is 10.2 Å². The molecule has 1 saturated heterocycles. The standard InChI is InChI=1S/C15H20N2O3/c1-11(14(18)17-8-2-3-9-17)16-10-12-4-6-13(7-5-12)15(19)20/h4-7,11,16H,2-3,8-10H2,1H3,(H,19,20). The fourth-order valence-corrected chi connectivity index (χ4v) is 2.33. The first-order valence-corrected chi connectivity index (χ1v) is 6.92. The lowest BCUT2D eigenvalue weighted by Gasteiger charge is -2.21. The Morgan fingerprint density at radius 1 is 1.25 bits per heavy atom. The molecule has 2 N–H and O–H groups in total. The number of carboxylic acid groups (broad SMARTS) is 1. The first kappa shape index (κ1) is 14.5. The van der Waals surface area contributed by atoms with Crippen LogP contribution in [0.3, 0.4) is 0 Å². The van der Waals surface area contributed by atoms with Crippen LogP contribution in [0, 0.1) is 0 Å². The summed E-state index contributed by atoms with van der Waals surface area (Å²) < 4.78 is 0. The summed E-state index contributed by atoms with van der Waals surface area (Å²) in [5, 5.41) is 12.0. The Bertz CT molecular complexity index is 478. The summed E-state index contributed by atoms with van der Waals surface area (Å²) >= 11 is 0. The Morgan fingerprint density at radius 3 is 2.40 bits per heavy atom. The molecule has 1 aromatic carbocycles. The fourth-order valence-electron chi connectivity index (χ4n) is 2.33. The van der Waals surface area contributed by atoms with E-state index in [0.717, 1.165) is 31.5 Å². The van der Waals surface area contributed by atoms with Gasteiger partial charge in [0.05, 0.1) is 11.6 Å². The highest BCUT2D eigenvalue weighted by Gasteiger charge is 2.22. The van der Waals surface area contributed by atoms with Crippen LogP contribution >= 0.6 is 0 Å². The molecule has 0 aromatic heterocycles. The maximum absolute atomic E-state index is 12.1. The topological polar surface area (TPSA) is 69.6 Å². The summed E-state index contributed by atoms with van der Waals surface area (Å²) in [6.07, 6.45) is 2.18. The number of likely N-dealkylation sites (tertiary alicyclic amines) is 1. The molecule has 108 valence electrons. The van der Waals surface area contributed by atoms with Crippen molar-refractivity contribution >= 4 is 11.9 Å². The van der Waals surface area contributed by atoms with Gasteiger partial charge in [-0.1, -0.05) is 12.1 Å². The molecule has 1 aliphatic heterocycles. The molecule has 5 heteroatoms. The van der Waals surface area contributed by atoms with Gasteiger partial charge in [0.2, 0.25) is 5.91 Å². The minimum absolute atomic E-state index is 0.143. The van der Waals surface area contributed by atoms with Crippen molar-refractivity contribution in [2.75, 3.05) is 13.1 Å². The van der Waals surface area contributed by atoms with Crippen molar-refractivity contribution in [2.45, 2.75) is 32.4 Å². The van der Waals surface area contributed by atoms with E-state index in [2.05, 4.69) is 5.32 Å². The molecular weight excluding hydrogens is 256 g/mol. The van der Waals surface area contributed by atoms with Crippen molar-refractivity contribution in [1.29, 1.82) is 0 Å². The summed E-state index contributed by atoms with van der Waals surface area (Å²) in [5.41, 5.74) is 1.24. The third-order valence-electron chi connectivity index (χ3n) is 3.60. The molecule has 1 heterocycles. The molecule has 0 bridgehead atoms. The van der Waals surface area contributed by atoms with Gasteiger partial charge in [0.1, 0.15) is 0 Å². The summed E-state index contributed by atoms with van der Waals surface area (Å²) in [4.78, 5) is 24.7. The average molecular weight is 276 g/mol. The van der Waals surface area contributed by atoms with Crippen LogP contribution in [0.1, 0.15) is 35.7 Å². The smallest absolute Gasteiger partial charge is 0.335 e. The number of carbonyl (C=O) groups excluding carboxylic acids is 1. The average Bonchev–Trinajstić information content (AvgIpc) is 2.98. The molecule has 1 unspecified atom stereocenters. The molecule has 5 nitrogen and oxygen atoms in total. The van der Waals surface area contributed by atoms with E-state index in [1.165, 1.54) is 0 Å². The van der Waals surface area contributed by atoms with Crippen LogP contribution in [-0.2, 0) is 11.3 Å². The lowest BCUT2D eigenvalue weighted by molar-refractivity contribution is -0.131. The maximum Gasteiger partial charge on any atom is 0.335 e. The van der Waals surface area contributed by atoms with Crippen molar-refractivity contribution in [3.05, 3.63) is 35.4 Å². The number of carboxylic acids is 1. The van der Waals surface area contributed by atoms with E-state index in [4.69, 9.17) is 5.11 Å². The summed E-state index contributed by atoms with van der Waals surface area (Å²) in [6, 6.07) is 6.47. The SMILES string of the molecule is CC(NCc1ccc(C(=O)O)cc1)C(=O)N1CCCC1. The molecular formula is C15H20N2O3. The number of hydrogen-bond donors (Lipinski definition) is 2. The first-order valence-electron chi connectivity index (χ1n) is 6.92. The lowest BCUT2D eigenvalue weighted by atomic mass is 10.1. The number of carbonyl (C=O) groups is 2. The molecule has 20 heavy (non-hydrogen) atoms. The van der Waals surface area contributed by atoms with Crippen molar-refractivity contribution in [3.8, 4) is 0 Å². The van der Waals surface area contributed by atoms with Gasteiger partial charge in [0.15, 0.2) is 0 Å². The highest BCUT2D eigenvalue weighted by Crippen LogP contribution is 2.10. The van der Waals surface area contributed by atoms with Gasteiger partial charge in [0.25, 0.3) is 0 Å². The van der Waals surface area contributed by atoms with Crippen LogP contribution < -0.4 is 5.32 Å². The number of rotatable bonds is 5. The van der Waals surface area contributed by atoms with E-state index in [-0.39, 0.29) is 17.5 Å². The maximum atomic E-state index is 12.1. The van der Waals surface area contributed by atoms with Gasteiger partial charge < -0.3 is 15.3 Å². The van der Waals surface area contributed by atoms with Crippen molar-refractivity contribution in [2.24, 2.45) is 0 Å². The van der Waals surface area contributed by atoms with Crippen molar-refractivity contribution < 1.29 is 14.7 Å². The molecule has 1 amide bonds. The van der Waals surface area contributed by atoms with E-state index in [0.29, 0.717) is 6.54 Å². The van der Waals surface area contributed by atoms with Gasteiger partial charge >= 0.3 is 5.97 Å². The number of amides is 1. The zero-order valence-corrected chi connectivity index (χ0v) is 11.6. The van der Waals surface area contributed by atoms with Gasteiger partial charge in [-0.2, -0.15) is 0 Å². The van der Waals surface area contributed by atoms with Crippen LogP contribution in [0.2, 0.25) is 0 Å². The molecule has 1 atom stereocenters. The Labute approximate surface area is 118 Å². The second kappa shape index (κ2) is 6.52. The number of aromatic carboxylic acids is 1. The molecule has 0 aliphatic carbocycles. The molecule has 1 fully saturated rings. The summed E-state index contributed by atoms with van der Waals surface area (Å²) in [7, 11) is 0.